The molecule has 0 spiro atoms. The molecule has 17 heavy (non-hydrogen) atoms. The van der Waals surface area contributed by atoms with Gasteiger partial charge < -0.3 is 9.64 Å². The Bertz CT molecular complexity index is 224. The smallest absolute Gasteiger partial charge is 0.0472 e. The predicted octanol–water partition coefficient (Wildman–Crippen LogP) is 2.84. The Hall–Kier alpha value is 0.270. The Morgan fingerprint density at radius 2 is 2.00 bits per heavy atom. The van der Waals surface area contributed by atoms with Crippen molar-refractivity contribution < 1.29 is 4.74 Å². The maximum Gasteiger partial charge on any atom is 0.0472 e. The minimum Gasteiger partial charge on any atom is -0.381 e. The third kappa shape index (κ3) is 4.15. The van der Waals surface area contributed by atoms with Crippen molar-refractivity contribution in [2.24, 2.45) is 11.3 Å². The molecule has 1 aliphatic heterocycles. The van der Waals surface area contributed by atoms with Crippen LogP contribution in [0.25, 0.3) is 0 Å². The zero-order chi connectivity index (χ0) is 12.1. The summed E-state index contributed by atoms with van der Waals surface area (Å²) in [5.41, 5.74) is 0.422. The van der Waals surface area contributed by atoms with E-state index in [9.17, 15) is 0 Å². The van der Waals surface area contributed by atoms with E-state index in [2.05, 4.69) is 24.5 Å². The van der Waals surface area contributed by atoms with Crippen LogP contribution in [-0.4, -0.2) is 43.5 Å². The number of nitrogens with zero attached hydrogens (tertiary/aromatic N) is 1. The van der Waals surface area contributed by atoms with E-state index in [1.54, 1.807) is 0 Å². The van der Waals surface area contributed by atoms with Gasteiger partial charge in [-0.3, -0.25) is 0 Å². The summed E-state index contributed by atoms with van der Waals surface area (Å²) in [5.74, 6) is 2.01. The molecule has 0 radical (unpaired) electrons. The minimum atomic E-state index is 0.422. The highest BCUT2D eigenvalue weighted by atomic mass is 32.1. The lowest BCUT2D eigenvalue weighted by molar-refractivity contribution is 0.00701. The molecule has 2 rings (SSSR count). The zero-order valence-corrected chi connectivity index (χ0v) is 12.1. The fourth-order valence-corrected chi connectivity index (χ4v) is 3.28. The second-order valence-electron chi connectivity index (χ2n) is 5.95. The molecule has 2 fully saturated rings. The first-order valence-corrected chi connectivity index (χ1v) is 7.82. The van der Waals surface area contributed by atoms with Crippen molar-refractivity contribution in [1.82, 2.24) is 4.90 Å². The van der Waals surface area contributed by atoms with Crippen molar-refractivity contribution in [2.45, 2.75) is 39.0 Å². The van der Waals surface area contributed by atoms with Crippen molar-refractivity contribution in [3.63, 3.8) is 0 Å². The van der Waals surface area contributed by atoms with Crippen LogP contribution in [-0.2, 0) is 4.74 Å². The van der Waals surface area contributed by atoms with Crippen LogP contribution in [0, 0.1) is 11.3 Å². The molecule has 0 bridgehead atoms. The van der Waals surface area contributed by atoms with E-state index in [0.29, 0.717) is 5.41 Å². The summed E-state index contributed by atoms with van der Waals surface area (Å²) in [6.45, 7) is 7.98. The summed E-state index contributed by atoms with van der Waals surface area (Å²) in [4.78, 5) is 2.69. The molecule has 0 aromatic carbocycles. The molecule has 100 valence electrons. The quantitative estimate of drug-likeness (QED) is 0.704. The Morgan fingerprint density at radius 1 is 1.29 bits per heavy atom. The van der Waals surface area contributed by atoms with Crippen LogP contribution >= 0.6 is 12.6 Å². The van der Waals surface area contributed by atoms with Gasteiger partial charge in [0.2, 0.25) is 0 Å². The first-order chi connectivity index (χ1) is 8.28. The predicted molar refractivity (Wildman–Crippen MR) is 75.8 cm³/mol. The van der Waals surface area contributed by atoms with Crippen molar-refractivity contribution >= 4 is 12.6 Å². The first kappa shape index (κ1) is 13.7. The SMILES string of the molecule is CCCN(CC1CC1)CC1(CS)CCOCC1. The molecule has 2 nitrogen and oxygen atoms in total. The van der Waals surface area contributed by atoms with E-state index in [1.807, 2.05) is 0 Å². The summed E-state index contributed by atoms with van der Waals surface area (Å²) in [5, 5.41) is 0. The average molecular weight is 257 g/mol. The summed E-state index contributed by atoms with van der Waals surface area (Å²) in [6, 6.07) is 0. The topological polar surface area (TPSA) is 12.5 Å². The maximum absolute atomic E-state index is 5.51. The summed E-state index contributed by atoms with van der Waals surface area (Å²) >= 11 is 4.62. The Morgan fingerprint density at radius 3 is 2.53 bits per heavy atom. The van der Waals surface area contributed by atoms with Gasteiger partial charge in [-0.15, -0.1) is 0 Å². The van der Waals surface area contributed by atoms with E-state index in [4.69, 9.17) is 4.74 Å². The van der Waals surface area contributed by atoms with Crippen LogP contribution in [0.3, 0.4) is 0 Å². The highest BCUT2D eigenvalue weighted by molar-refractivity contribution is 7.80. The van der Waals surface area contributed by atoms with Crippen LogP contribution in [0.5, 0.6) is 0 Å². The summed E-state index contributed by atoms with van der Waals surface area (Å²) < 4.78 is 5.51. The second-order valence-corrected chi connectivity index (χ2v) is 6.27. The standard InChI is InChI=1S/C14H27NOS/c1-2-7-15(10-13-3-4-13)11-14(12-17)5-8-16-9-6-14/h13,17H,2-12H2,1H3. The Kier molecular flexibility index (Phi) is 5.19. The monoisotopic (exact) mass is 257 g/mol. The van der Waals surface area contributed by atoms with Crippen LogP contribution in [0.15, 0.2) is 0 Å². The van der Waals surface area contributed by atoms with Gasteiger partial charge in [-0.25, -0.2) is 0 Å². The van der Waals surface area contributed by atoms with Gasteiger partial charge in [-0.1, -0.05) is 6.92 Å². The molecule has 0 aromatic rings. The van der Waals surface area contributed by atoms with E-state index in [0.717, 1.165) is 24.9 Å². The van der Waals surface area contributed by atoms with Crippen LogP contribution < -0.4 is 0 Å². The lowest BCUT2D eigenvalue weighted by Crippen LogP contribution is -2.43. The third-order valence-corrected chi connectivity index (χ3v) is 4.87. The number of thiol groups is 1. The fourth-order valence-electron chi connectivity index (χ4n) is 2.86. The van der Waals surface area contributed by atoms with Crippen LogP contribution in [0.4, 0.5) is 0 Å². The number of hydrogen-bond donors (Lipinski definition) is 1. The van der Waals surface area contributed by atoms with E-state index >= 15 is 0 Å². The first-order valence-electron chi connectivity index (χ1n) is 7.19. The largest absolute Gasteiger partial charge is 0.381 e. The number of rotatable bonds is 7. The Labute approximate surface area is 112 Å². The summed E-state index contributed by atoms with van der Waals surface area (Å²) in [7, 11) is 0. The van der Waals surface area contributed by atoms with Gasteiger partial charge in [0.05, 0.1) is 0 Å². The highest BCUT2D eigenvalue weighted by Gasteiger charge is 2.34. The van der Waals surface area contributed by atoms with Gasteiger partial charge in [0.15, 0.2) is 0 Å². The highest BCUT2D eigenvalue weighted by Crippen LogP contribution is 2.35. The van der Waals surface area contributed by atoms with E-state index < -0.39 is 0 Å². The molecule has 0 aromatic heterocycles. The van der Waals surface area contributed by atoms with E-state index in [1.165, 1.54) is 51.7 Å². The maximum atomic E-state index is 5.51. The molecule has 1 saturated heterocycles. The molecule has 0 amide bonds. The van der Waals surface area contributed by atoms with Crippen LogP contribution in [0.2, 0.25) is 0 Å². The average Bonchev–Trinajstić information content (AvgIpc) is 3.14. The van der Waals surface area contributed by atoms with Crippen molar-refractivity contribution in [1.29, 1.82) is 0 Å². The lowest BCUT2D eigenvalue weighted by atomic mass is 9.81. The van der Waals surface area contributed by atoms with Crippen molar-refractivity contribution in [3.05, 3.63) is 0 Å². The normalized spacial score (nSPS) is 24.2. The molecule has 1 saturated carbocycles. The van der Waals surface area contributed by atoms with Crippen molar-refractivity contribution in [3.8, 4) is 0 Å². The number of ether oxygens (including phenoxy) is 1. The number of hydrogen-bond acceptors (Lipinski definition) is 3. The van der Waals surface area contributed by atoms with Gasteiger partial charge in [-0.2, -0.15) is 12.6 Å². The van der Waals surface area contributed by atoms with Gasteiger partial charge in [-0.05, 0) is 55.7 Å². The zero-order valence-electron chi connectivity index (χ0n) is 11.2. The second kappa shape index (κ2) is 6.44. The van der Waals surface area contributed by atoms with E-state index in [-0.39, 0.29) is 0 Å². The van der Waals surface area contributed by atoms with Gasteiger partial charge in [0.25, 0.3) is 0 Å². The van der Waals surface area contributed by atoms with Gasteiger partial charge in [0.1, 0.15) is 0 Å². The molecule has 0 atom stereocenters. The molecular formula is C14H27NOS. The van der Waals surface area contributed by atoms with Crippen molar-refractivity contribution in [2.75, 3.05) is 38.6 Å². The Balaban J connectivity index is 1.87. The molecule has 0 N–H and O–H groups in total. The molecule has 0 unspecified atom stereocenters. The fraction of sp³-hybridized carbons (Fsp3) is 1.00. The van der Waals surface area contributed by atoms with Gasteiger partial charge >= 0.3 is 0 Å². The molecule has 1 heterocycles. The third-order valence-electron chi connectivity index (χ3n) is 4.20. The van der Waals surface area contributed by atoms with Gasteiger partial charge in [0, 0.05) is 26.3 Å². The molecule has 3 heteroatoms. The lowest BCUT2D eigenvalue weighted by Gasteiger charge is -2.40. The molecule has 2 aliphatic rings. The molecule has 1 aliphatic carbocycles. The molecular weight excluding hydrogens is 230 g/mol. The minimum absolute atomic E-state index is 0.422. The summed E-state index contributed by atoms with van der Waals surface area (Å²) in [6.07, 6.45) is 6.57. The van der Waals surface area contributed by atoms with Crippen LogP contribution in [0.1, 0.15) is 39.0 Å².